The van der Waals surface area contributed by atoms with Gasteiger partial charge in [0.1, 0.15) is 12.6 Å². The summed E-state index contributed by atoms with van der Waals surface area (Å²) in [5.41, 5.74) is 5.33. The lowest BCUT2D eigenvalue weighted by Gasteiger charge is -2.20. The van der Waals surface area contributed by atoms with Gasteiger partial charge in [0, 0.05) is 12.8 Å². The zero-order chi connectivity index (χ0) is 43.7. The molecule has 13 heteroatoms. The Balaban J connectivity index is 4.49. The summed E-state index contributed by atoms with van der Waals surface area (Å²) in [7, 11) is -4.75. The zero-order valence-electron chi connectivity index (χ0n) is 36.2. The number of phosphoric ester groups is 1. The maximum Gasteiger partial charge on any atom is 0.472 e. The van der Waals surface area contributed by atoms with Crippen LogP contribution >= 0.6 is 7.82 Å². The van der Waals surface area contributed by atoms with Gasteiger partial charge in [0.15, 0.2) is 6.10 Å². The van der Waals surface area contributed by atoms with Crippen LogP contribution in [0.3, 0.4) is 0 Å². The monoisotopic (exact) mass is 852 g/mol. The highest BCUT2D eigenvalue weighted by molar-refractivity contribution is 7.47. The fourth-order valence-corrected chi connectivity index (χ4v) is 6.29. The van der Waals surface area contributed by atoms with Crippen molar-refractivity contribution in [1.29, 1.82) is 0 Å². The molecule has 0 saturated carbocycles. The van der Waals surface area contributed by atoms with Crippen molar-refractivity contribution < 1.29 is 52.6 Å². The minimum absolute atomic E-state index is 0.0652. The van der Waals surface area contributed by atoms with Gasteiger partial charge in [-0.25, -0.2) is 4.57 Å². The summed E-state index contributed by atoms with van der Waals surface area (Å²) in [5, 5.41) is 18.6. The summed E-state index contributed by atoms with van der Waals surface area (Å²) in [5.74, 6) is -2.50. The van der Waals surface area contributed by atoms with Gasteiger partial charge in [-0.2, -0.15) is 0 Å². The second-order valence-corrected chi connectivity index (χ2v) is 16.1. The summed E-state index contributed by atoms with van der Waals surface area (Å²) < 4.78 is 32.6. The highest BCUT2D eigenvalue weighted by atomic mass is 31.2. The van der Waals surface area contributed by atoms with Gasteiger partial charge in [0.05, 0.1) is 19.3 Å². The van der Waals surface area contributed by atoms with Crippen LogP contribution < -0.4 is 5.73 Å². The smallest absolute Gasteiger partial charge is 0.472 e. The highest BCUT2D eigenvalue weighted by Crippen LogP contribution is 2.43. The van der Waals surface area contributed by atoms with Gasteiger partial charge in [0.2, 0.25) is 0 Å². The molecule has 5 N–H and O–H groups in total. The van der Waals surface area contributed by atoms with Crippen molar-refractivity contribution in [2.45, 2.75) is 180 Å². The van der Waals surface area contributed by atoms with E-state index in [2.05, 4.69) is 73.1 Å². The number of nitrogens with two attached hydrogens (primary N) is 1. The summed E-state index contributed by atoms with van der Waals surface area (Å²) in [6.45, 7) is 2.50. The fourth-order valence-electron chi connectivity index (χ4n) is 5.51. The molecule has 12 nitrogen and oxygen atoms in total. The number of carbonyl (C=O) groups is 3. The van der Waals surface area contributed by atoms with Crippen LogP contribution in [-0.4, -0.2) is 71.1 Å². The van der Waals surface area contributed by atoms with Crippen molar-refractivity contribution in [3.05, 3.63) is 72.9 Å². The van der Waals surface area contributed by atoms with E-state index >= 15 is 0 Å². The normalized spacial score (nSPS) is 14.9. The number of hydrogen-bond acceptors (Lipinski definition) is 10. The van der Waals surface area contributed by atoms with Gasteiger partial charge in [-0.05, 0) is 83.5 Å². The molecule has 0 aliphatic carbocycles. The first kappa shape index (κ1) is 55.9. The molecule has 0 spiro atoms. The Kier molecular flexibility index (Phi) is 38.2. The summed E-state index contributed by atoms with van der Waals surface area (Å²) >= 11 is 0. The molecule has 0 aromatic carbocycles. The van der Waals surface area contributed by atoms with Crippen LogP contribution in [-0.2, 0) is 37.5 Å². The van der Waals surface area contributed by atoms with Crippen molar-refractivity contribution in [1.82, 2.24) is 0 Å². The van der Waals surface area contributed by atoms with Crippen LogP contribution in [0.1, 0.15) is 162 Å². The predicted octanol–water partition coefficient (Wildman–Crippen LogP) is 10.7. The Morgan fingerprint density at radius 2 is 1.07 bits per heavy atom. The average Bonchev–Trinajstić information content (AvgIpc) is 3.20. The number of carbonyl (C=O) groups excluding carboxylic acids is 2. The Morgan fingerprint density at radius 3 is 1.63 bits per heavy atom. The van der Waals surface area contributed by atoms with Crippen molar-refractivity contribution in [3.63, 3.8) is 0 Å². The number of aliphatic hydroxyl groups is 1. The molecule has 4 atom stereocenters. The number of aliphatic hydroxyl groups excluding tert-OH is 1. The fraction of sp³-hybridized carbons (Fsp3) is 0.674. The minimum atomic E-state index is -4.75. The van der Waals surface area contributed by atoms with Crippen LogP contribution in [0.25, 0.3) is 0 Å². The number of carboxylic acid groups (broad SMARTS) is 1. The number of phosphoric acid groups is 1. The number of esters is 2. The molecular weight excluding hydrogens is 773 g/mol. The maximum atomic E-state index is 12.6. The first-order valence-corrected chi connectivity index (χ1v) is 23.5. The molecule has 0 amide bonds. The molecule has 0 fully saturated rings. The molecule has 59 heavy (non-hydrogen) atoms. The molecule has 338 valence electrons. The third kappa shape index (κ3) is 40.1. The number of ether oxygens (including phenoxy) is 2. The molecule has 0 bridgehead atoms. The zero-order valence-corrected chi connectivity index (χ0v) is 37.1. The third-order valence-electron chi connectivity index (χ3n) is 8.98. The number of unbranched alkanes of at least 4 members (excludes halogenated alkanes) is 11. The Bertz CT molecular complexity index is 1290. The number of allylic oxidation sites excluding steroid dienone is 11. The highest BCUT2D eigenvalue weighted by Gasteiger charge is 2.28. The van der Waals surface area contributed by atoms with Crippen molar-refractivity contribution in [2.75, 3.05) is 19.8 Å². The van der Waals surface area contributed by atoms with Crippen LogP contribution in [0.4, 0.5) is 0 Å². The SMILES string of the molecule is CCCCC/C=C\C/C=C\CCCCCCCCCC(=O)OC[C@H](COP(=O)(O)OC[C@H](N)C(=O)O)OC(=O)CCC/C=C\C/C=C\C/C=C\C/C=C\CC(O)CCC. The first-order chi connectivity index (χ1) is 28.5. The quantitative estimate of drug-likeness (QED) is 0.0198. The number of rotatable bonds is 40. The second-order valence-electron chi connectivity index (χ2n) is 14.7. The topological polar surface area (TPSA) is 192 Å². The van der Waals surface area contributed by atoms with E-state index in [1.807, 2.05) is 18.2 Å². The lowest BCUT2D eigenvalue weighted by molar-refractivity contribution is -0.161. The molecule has 0 aliphatic heterocycles. The van der Waals surface area contributed by atoms with Crippen molar-refractivity contribution in [3.8, 4) is 0 Å². The van der Waals surface area contributed by atoms with Crippen LogP contribution in [0, 0.1) is 0 Å². The molecular formula is C46H78NO11P. The number of hydrogen-bond donors (Lipinski definition) is 4. The maximum absolute atomic E-state index is 12.6. The van der Waals surface area contributed by atoms with E-state index in [0.29, 0.717) is 25.7 Å². The summed E-state index contributed by atoms with van der Waals surface area (Å²) in [6.07, 6.45) is 44.6. The van der Waals surface area contributed by atoms with E-state index in [4.69, 9.17) is 24.8 Å². The van der Waals surface area contributed by atoms with Crippen LogP contribution in [0.15, 0.2) is 72.9 Å². The molecule has 0 rings (SSSR count). The van der Waals surface area contributed by atoms with Crippen molar-refractivity contribution in [2.24, 2.45) is 5.73 Å². The van der Waals surface area contributed by atoms with Gasteiger partial charge in [-0.15, -0.1) is 0 Å². The first-order valence-electron chi connectivity index (χ1n) is 22.0. The Labute approximate surface area is 355 Å². The van der Waals surface area contributed by atoms with E-state index in [1.54, 1.807) is 0 Å². The Morgan fingerprint density at radius 1 is 0.593 bits per heavy atom. The molecule has 0 aliphatic rings. The van der Waals surface area contributed by atoms with Crippen molar-refractivity contribution >= 4 is 25.7 Å². The van der Waals surface area contributed by atoms with Gasteiger partial charge in [-0.3, -0.25) is 23.4 Å². The lowest BCUT2D eigenvalue weighted by Crippen LogP contribution is -2.34. The van der Waals surface area contributed by atoms with E-state index < -0.39 is 51.1 Å². The Hall–Kier alpha value is -3.12. The standard InChI is InChI=1S/C46H78NO11P/c1-3-5-6-7-8-9-10-11-12-13-14-17-20-23-26-29-32-36-44(49)55-38-42(39-56-59(53,54)57-40-43(47)46(51)52)58-45(50)37-33-30-27-24-21-18-15-16-19-22-25-28-31-35-41(48)34-4-2/h8-9,11-12,15,18-19,22,24,27-28,31,41-43,48H,3-7,10,13-14,16-17,20-21,23,25-26,29-30,32-40,47H2,1-2H3,(H,51,52)(H,53,54)/b9-8-,12-11-,18-15-,22-19-,27-24-,31-28-/t41?,42-,43+/m1/s1. The average molecular weight is 852 g/mol. The number of aliphatic carboxylic acids is 1. The van der Waals surface area contributed by atoms with E-state index in [0.717, 1.165) is 70.6 Å². The van der Waals surface area contributed by atoms with Crippen LogP contribution in [0.5, 0.6) is 0 Å². The molecule has 0 saturated heterocycles. The second kappa shape index (κ2) is 40.3. The predicted molar refractivity (Wildman–Crippen MR) is 237 cm³/mol. The van der Waals surface area contributed by atoms with Gasteiger partial charge in [0.25, 0.3) is 0 Å². The van der Waals surface area contributed by atoms with E-state index in [9.17, 15) is 28.9 Å². The number of carboxylic acids is 1. The van der Waals surface area contributed by atoms with Gasteiger partial charge in [-0.1, -0.05) is 138 Å². The lowest BCUT2D eigenvalue weighted by atomic mass is 10.1. The largest absolute Gasteiger partial charge is 0.480 e. The molecule has 0 aromatic rings. The van der Waals surface area contributed by atoms with Gasteiger partial charge >= 0.3 is 25.7 Å². The molecule has 2 unspecified atom stereocenters. The van der Waals surface area contributed by atoms with Gasteiger partial charge < -0.3 is 30.3 Å². The minimum Gasteiger partial charge on any atom is -0.480 e. The third-order valence-corrected chi connectivity index (χ3v) is 9.93. The van der Waals surface area contributed by atoms with E-state index in [1.165, 1.54) is 38.5 Å². The summed E-state index contributed by atoms with van der Waals surface area (Å²) in [4.78, 5) is 46.0. The van der Waals surface area contributed by atoms with Crippen LogP contribution in [0.2, 0.25) is 0 Å². The van der Waals surface area contributed by atoms with E-state index in [-0.39, 0.29) is 25.6 Å². The molecule has 0 aromatic heterocycles. The molecule has 0 radical (unpaired) electrons. The summed E-state index contributed by atoms with van der Waals surface area (Å²) in [6, 6.07) is -1.54. The molecule has 0 heterocycles.